The van der Waals surface area contributed by atoms with E-state index < -0.39 is 66.0 Å². The zero-order chi connectivity index (χ0) is 45.6. The van der Waals surface area contributed by atoms with E-state index in [2.05, 4.69) is 23.8 Å². The zero-order valence-electron chi connectivity index (χ0n) is 37.8. The fourth-order valence-corrected chi connectivity index (χ4v) is 13.3. The van der Waals surface area contributed by atoms with Crippen LogP contribution < -0.4 is 15.6 Å². The summed E-state index contributed by atoms with van der Waals surface area (Å²) in [7, 11) is -1.14. The van der Waals surface area contributed by atoms with Crippen LogP contribution in [0.2, 0.25) is 0 Å². The Labute approximate surface area is 372 Å². The predicted molar refractivity (Wildman–Crippen MR) is 236 cm³/mol. The molecule has 63 heavy (non-hydrogen) atoms. The smallest absolute Gasteiger partial charge is 0.404 e. The number of aliphatic hydroxyl groups excluding tert-OH is 2. The number of hydrogen-bond donors (Lipinski definition) is 6. The van der Waals surface area contributed by atoms with Gasteiger partial charge in [-0.2, -0.15) is 0 Å². The predicted octanol–water partition coefficient (Wildman–Crippen LogP) is 5.17. The third kappa shape index (κ3) is 8.84. The minimum atomic E-state index is -4.91. The monoisotopic (exact) mass is 904 g/mol. The summed E-state index contributed by atoms with van der Waals surface area (Å²) in [6, 6.07) is 4.96. The Morgan fingerprint density at radius 2 is 1.81 bits per heavy atom. The number of piperazine rings is 1. The molecule has 7 rings (SSSR count). The highest BCUT2D eigenvalue weighted by Crippen LogP contribution is 2.70. The lowest BCUT2D eigenvalue weighted by Gasteiger charge is -2.58. The number of nitrogens with two attached hydrogens (primary N) is 1. The number of hydrogen-bond acceptors (Lipinski definition) is 11. The Balaban J connectivity index is 1.16. The zero-order valence-corrected chi connectivity index (χ0v) is 38.7. The van der Waals surface area contributed by atoms with Crippen molar-refractivity contribution in [3.05, 3.63) is 54.1 Å². The molecule has 4 aliphatic carbocycles. The summed E-state index contributed by atoms with van der Waals surface area (Å²) in [5.41, 5.74) is 1.54. The minimum absolute atomic E-state index is 0.0146. The van der Waals surface area contributed by atoms with Crippen molar-refractivity contribution in [3.8, 4) is 5.75 Å². The molecule has 0 aromatic heterocycles. The molecule has 2 heterocycles. The van der Waals surface area contributed by atoms with Crippen molar-refractivity contribution in [2.24, 2.45) is 28.4 Å². The maximum absolute atomic E-state index is 18.6. The van der Waals surface area contributed by atoms with Crippen LogP contribution in [-0.2, 0) is 30.2 Å². The van der Waals surface area contributed by atoms with Gasteiger partial charge in [0.25, 0.3) is 0 Å². The second-order valence-electron chi connectivity index (χ2n) is 20.6. The van der Waals surface area contributed by atoms with E-state index in [1.54, 1.807) is 32.2 Å². The lowest BCUT2D eigenvalue weighted by molar-refractivity contribution is -0.926. The van der Waals surface area contributed by atoms with E-state index in [1.807, 2.05) is 6.92 Å². The van der Waals surface area contributed by atoms with Gasteiger partial charge in [-0.25, -0.2) is 8.96 Å². The number of ketones is 2. The van der Waals surface area contributed by atoms with Gasteiger partial charge >= 0.3 is 7.82 Å². The molecule has 5 unspecified atom stereocenters. The molecule has 7 N–H and O–H groups in total. The van der Waals surface area contributed by atoms with Gasteiger partial charge in [0.05, 0.1) is 45.0 Å². The molecule has 4 saturated carbocycles. The topological polar surface area (TPSA) is 201 Å². The second kappa shape index (κ2) is 18.4. The van der Waals surface area contributed by atoms with E-state index >= 15 is 9.18 Å². The van der Waals surface area contributed by atoms with Gasteiger partial charge in [0, 0.05) is 59.8 Å². The molecule has 0 spiro atoms. The van der Waals surface area contributed by atoms with Gasteiger partial charge < -0.3 is 39.7 Å². The molecule has 10 atom stereocenters. The number of phosphoric ester groups is 1. The van der Waals surface area contributed by atoms with Crippen molar-refractivity contribution in [1.29, 1.82) is 0 Å². The number of carbonyl (C=O) groups excluding carboxylic acids is 2. The van der Waals surface area contributed by atoms with Gasteiger partial charge in [0.2, 0.25) is 0 Å². The average Bonchev–Trinajstić information content (AvgIpc) is 3.48. The molecule has 1 aromatic carbocycles. The van der Waals surface area contributed by atoms with Crippen LogP contribution in [0.4, 0.5) is 4.39 Å². The standard InChI is InChI=1S/C47H72FN4O10P/c1-6-12-35(53)18-21-43(2)20-11-15-38-45(49)28-41-47(44(45,3)22-19-39(55)46(38,43)48,61-42(60-41)32-13-9-7-8-10-14-32)40(56)30-51-23-25-52(5,26-24-51)31-34-17-16-33(36(54)29-50-4)27-37(34)62-63(57,58)59/h6,16-18,21,27,32,36,38-39,41-42,50,54-55H,1,7-15,19-20,22-26,28-31,49H2,2-5H3,(H-,57,58,59)/p+1/b21-18-/t36?,38?,39?,41-,42-,43?,44?,45-,46+,47-/m1/s1. The minimum Gasteiger partial charge on any atom is -0.404 e. The van der Waals surface area contributed by atoms with Crippen molar-refractivity contribution >= 4 is 19.4 Å². The molecule has 1 aromatic rings. The highest BCUT2D eigenvalue weighted by molar-refractivity contribution is 7.46. The van der Waals surface area contributed by atoms with E-state index in [-0.39, 0.29) is 62.0 Å². The number of nitrogens with one attached hydrogen (secondary N) is 1. The first-order valence-electron chi connectivity index (χ1n) is 23.3. The van der Waals surface area contributed by atoms with Gasteiger partial charge in [0.1, 0.15) is 18.0 Å². The van der Waals surface area contributed by atoms with Crippen LogP contribution in [0.25, 0.3) is 0 Å². The molecule has 0 amide bonds. The number of ether oxygens (including phenoxy) is 2. The van der Waals surface area contributed by atoms with Crippen LogP contribution in [-0.4, -0.2) is 130 Å². The molecule has 352 valence electrons. The van der Waals surface area contributed by atoms with Gasteiger partial charge in [-0.1, -0.05) is 64.2 Å². The maximum Gasteiger partial charge on any atom is 0.524 e. The number of nitrogens with zero attached hydrogens (tertiary/aromatic N) is 2. The van der Waals surface area contributed by atoms with Crippen LogP contribution >= 0.6 is 7.82 Å². The summed E-state index contributed by atoms with van der Waals surface area (Å²) < 4.78 is 50.4. The Kier molecular flexibility index (Phi) is 14.1. The Morgan fingerprint density at radius 3 is 2.46 bits per heavy atom. The Hall–Kier alpha value is -2.40. The number of rotatable bonds is 15. The number of halogens is 1. The Morgan fingerprint density at radius 1 is 1.11 bits per heavy atom. The van der Waals surface area contributed by atoms with Crippen molar-refractivity contribution in [2.45, 2.75) is 145 Å². The SMILES string of the molecule is C=CCC(=O)/C=C\C1(C)CCCC2[C@]1(F)C(O)CCC1(C)[C@@]2(N)C[C@H]2O[C@@H](C3CCCCCC3)O[C@]21C(=O)CN1CC[N+](C)(Cc2ccc(C(O)CNC)cc2OP(=O)(O)O)CC1. The molecule has 14 nitrogen and oxygen atoms in total. The number of likely N-dealkylation sites (N-methyl/N-ethyl adjacent to an activating group) is 2. The highest BCUT2D eigenvalue weighted by atomic mass is 31.2. The summed E-state index contributed by atoms with van der Waals surface area (Å²) in [6.45, 7) is 10.5. The second-order valence-corrected chi connectivity index (χ2v) is 21.8. The number of benzene rings is 1. The van der Waals surface area contributed by atoms with Gasteiger partial charge in [-0.15, -0.1) is 6.58 Å². The molecular weight excluding hydrogens is 831 g/mol. The molecule has 2 aliphatic heterocycles. The van der Waals surface area contributed by atoms with E-state index in [9.17, 15) is 29.4 Å². The fourth-order valence-electron chi connectivity index (χ4n) is 12.9. The van der Waals surface area contributed by atoms with Crippen molar-refractivity contribution < 1.29 is 57.0 Å². The molecule has 0 radical (unpaired) electrons. The van der Waals surface area contributed by atoms with Crippen LogP contribution in [0.5, 0.6) is 5.75 Å². The summed E-state index contributed by atoms with van der Waals surface area (Å²) in [6.07, 6.45) is 9.36. The normalized spacial score (nSPS) is 37.9. The lowest BCUT2D eigenvalue weighted by atomic mass is 9.50. The first-order valence-corrected chi connectivity index (χ1v) is 24.8. The van der Waals surface area contributed by atoms with E-state index in [4.69, 9.17) is 19.7 Å². The number of allylic oxidation sites excluding steroid dienone is 3. The van der Waals surface area contributed by atoms with E-state index in [0.29, 0.717) is 67.6 Å². The largest absolute Gasteiger partial charge is 0.524 e. The fraction of sp³-hybridized carbons (Fsp3) is 0.745. The molecular formula is C47H73FN4O10P+. The van der Waals surface area contributed by atoms with Crippen molar-refractivity contribution in [3.63, 3.8) is 0 Å². The van der Waals surface area contributed by atoms with Crippen LogP contribution in [0.3, 0.4) is 0 Å². The number of aliphatic hydroxyl groups is 2. The number of fused-ring (bicyclic) bond motifs is 5. The van der Waals surface area contributed by atoms with Crippen LogP contribution in [0, 0.1) is 22.7 Å². The number of phosphoric acid groups is 1. The number of alkyl halides is 1. The van der Waals surface area contributed by atoms with Crippen LogP contribution in [0.15, 0.2) is 43.0 Å². The highest BCUT2D eigenvalue weighted by Gasteiger charge is 2.81. The third-order valence-electron chi connectivity index (χ3n) is 16.6. The first kappa shape index (κ1) is 48.5. The van der Waals surface area contributed by atoms with Gasteiger partial charge in [-0.3, -0.25) is 24.3 Å². The Bertz CT molecular complexity index is 1940. The number of quaternary nitrogens is 1. The van der Waals surface area contributed by atoms with Gasteiger partial charge in [-0.05, 0) is 75.8 Å². The third-order valence-corrected chi connectivity index (χ3v) is 17.1. The van der Waals surface area contributed by atoms with Crippen molar-refractivity contribution in [2.75, 3.05) is 53.4 Å². The number of carbonyl (C=O) groups is 2. The van der Waals surface area contributed by atoms with E-state index in [1.165, 1.54) is 18.2 Å². The quantitative estimate of drug-likeness (QED) is 0.0443. The van der Waals surface area contributed by atoms with Crippen LogP contribution in [0.1, 0.15) is 115 Å². The summed E-state index contributed by atoms with van der Waals surface area (Å²) in [5.74, 6) is -1.06. The molecule has 6 fully saturated rings. The summed E-state index contributed by atoms with van der Waals surface area (Å²) in [5, 5.41) is 25.5. The van der Waals surface area contributed by atoms with E-state index in [0.717, 1.165) is 38.5 Å². The number of Topliss-reactive ketones (excluding diaryl/α,β-unsaturated/α-hetero) is 1. The van der Waals surface area contributed by atoms with Gasteiger partial charge in [0.15, 0.2) is 23.5 Å². The lowest BCUT2D eigenvalue weighted by Crippen LogP contribution is -2.71. The average molecular weight is 904 g/mol. The first-order chi connectivity index (χ1) is 29.7. The molecule has 16 heteroatoms. The molecule has 0 bridgehead atoms. The van der Waals surface area contributed by atoms with Crippen molar-refractivity contribution in [1.82, 2.24) is 10.2 Å². The maximum atomic E-state index is 18.6. The molecule has 2 saturated heterocycles. The molecule has 6 aliphatic rings. The summed E-state index contributed by atoms with van der Waals surface area (Å²) >= 11 is 0. The summed E-state index contributed by atoms with van der Waals surface area (Å²) in [4.78, 5) is 49.8.